The quantitative estimate of drug-likeness (QED) is 0.621. The van der Waals surface area contributed by atoms with Crippen molar-refractivity contribution >= 4 is 33.1 Å². The first kappa shape index (κ1) is 20.2. The van der Waals surface area contributed by atoms with Crippen molar-refractivity contribution < 1.29 is 17.9 Å². The number of benzene rings is 1. The first-order valence-corrected chi connectivity index (χ1v) is 10.6. The fraction of sp³-hybridized carbons (Fsp3) is 0.300. The number of H-pyrrole nitrogens is 1. The van der Waals surface area contributed by atoms with E-state index in [0.29, 0.717) is 42.0 Å². The van der Waals surface area contributed by atoms with Gasteiger partial charge in [-0.3, -0.25) is 9.69 Å². The number of fused-ring (bicyclic) bond motifs is 1. The number of morpholine rings is 1. The first-order chi connectivity index (χ1) is 14.6. The zero-order chi connectivity index (χ0) is 20.9. The minimum atomic E-state index is -2.59. The van der Waals surface area contributed by atoms with Crippen LogP contribution in [-0.4, -0.2) is 68.6 Å². The molecule has 1 saturated heterocycles. The molecule has 30 heavy (non-hydrogen) atoms. The number of aromatic amines is 1. The van der Waals surface area contributed by atoms with Gasteiger partial charge in [-0.15, -0.1) is 4.36 Å². The number of aromatic nitrogens is 2. The lowest BCUT2D eigenvalue weighted by Gasteiger charge is -2.26. The topological polar surface area (TPSA) is 117 Å². The van der Waals surface area contributed by atoms with Crippen molar-refractivity contribution in [2.75, 3.05) is 39.4 Å². The van der Waals surface area contributed by atoms with Crippen LogP contribution in [-0.2, 0) is 15.2 Å². The Labute approximate surface area is 174 Å². The highest BCUT2D eigenvalue weighted by molar-refractivity contribution is 7.61. The van der Waals surface area contributed by atoms with Crippen molar-refractivity contribution in [1.82, 2.24) is 20.2 Å². The zero-order valence-electron chi connectivity index (χ0n) is 16.2. The molecule has 0 unspecified atom stereocenters. The molecule has 0 bridgehead atoms. The van der Waals surface area contributed by atoms with Crippen molar-refractivity contribution in [2.24, 2.45) is 4.36 Å². The molecule has 1 amide bonds. The molecule has 2 N–H and O–H groups in total. The Hall–Kier alpha value is -3.08. The van der Waals surface area contributed by atoms with Crippen molar-refractivity contribution in [3.8, 4) is 11.1 Å². The standard InChI is InChI=1S/C20H21N5O4S/c26-20(21-6-7-25-8-10-29-11-9-25)18-17(14-4-2-1-3-5-14)16-12-15(24-30(27)28)13-22-19(16)23-18/h1-5,12-13H,6-11H2,(H,21,26)(H,22,23). The Bertz CT molecular complexity index is 1180. The van der Waals surface area contributed by atoms with Crippen LogP contribution in [0.2, 0.25) is 0 Å². The number of hydrogen-bond acceptors (Lipinski definition) is 7. The fourth-order valence-electron chi connectivity index (χ4n) is 3.51. The number of nitrogens with one attached hydrogen (secondary N) is 2. The predicted octanol–water partition coefficient (Wildman–Crippen LogP) is 1.99. The summed E-state index contributed by atoms with van der Waals surface area (Å²) in [4.78, 5) is 22.6. The molecule has 2 aromatic heterocycles. The summed E-state index contributed by atoms with van der Waals surface area (Å²) in [5.41, 5.74) is 2.56. The summed E-state index contributed by atoms with van der Waals surface area (Å²) in [7, 11) is -2.59. The molecule has 0 spiro atoms. The van der Waals surface area contributed by atoms with Crippen LogP contribution in [0.25, 0.3) is 22.2 Å². The number of rotatable bonds is 6. The molecule has 3 aromatic rings. The molecular formula is C20H21N5O4S. The Morgan fingerprint density at radius 2 is 2.00 bits per heavy atom. The molecule has 0 atom stereocenters. The van der Waals surface area contributed by atoms with E-state index in [9.17, 15) is 13.2 Å². The van der Waals surface area contributed by atoms with E-state index in [0.717, 1.165) is 25.2 Å². The van der Waals surface area contributed by atoms with Gasteiger partial charge in [0.2, 0.25) is 0 Å². The van der Waals surface area contributed by atoms with Crippen LogP contribution in [0.15, 0.2) is 47.0 Å². The smallest absolute Gasteiger partial charge is 0.316 e. The van der Waals surface area contributed by atoms with E-state index in [-0.39, 0.29) is 11.6 Å². The third kappa shape index (κ3) is 4.56. The largest absolute Gasteiger partial charge is 0.379 e. The molecule has 1 aromatic carbocycles. The molecule has 4 rings (SSSR count). The van der Waals surface area contributed by atoms with Crippen LogP contribution in [0.1, 0.15) is 10.5 Å². The fourth-order valence-corrected chi connectivity index (χ4v) is 3.78. The third-order valence-electron chi connectivity index (χ3n) is 4.92. The second kappa shape index (κ2) is 9.16. The summed E-state index contributed by atoms with van der Waals surface area (Å²) in [5, 5.41) is 3.59. The molecular weight excluding hydrogens is 406 g/mol. The number of nitrogens with zero attached hydrogens (tertiary/aromatic N) is 3. The number of pyridine rings is 1. The summed E-state index contributed by atoms with van der Waals surface area (Å²) in [6, 6.07) is 11.0. The number of carbonyl (C=O) groups excluding carboxylic acids is 1. The summed E-state index contributed by atoms with van der Waals surface area (Å²) < 4.78 is 30.8. The van der Waals surface area contributed by atoms with Crippen LogP contribution in [0, 0.1) is 0 Å². The first-order valence-electron chi connectivity index (χ1n) is 9.58. The third-order valence-corrected chi connectivity index (χ3v) is 5.28. The Morgan fingerprint density at radius 3 is 2.73 bits per heavy atom. The number of ether oxygens (including phenoxy) is 1. The van der Waals surface area contributed by atoms with E-state index >= 15 is 0 Å². The van der Waals surface area contributed by atoms with E-state index in [2.05, 4.69) is 24.5 Å². The van der Waals surface area contributed by atoms with Gasteiger partial charge >= 0.3 is 10.5 Å². The molecule has 1 fully saturated rings. The van der Waals surface area contributed by atoms with Gasteiger partial charge in [0.1, 0.15) is 17.0 Å². The number of carbonyl (C=O) groups is 1. The van der Waals surface area contributed by atoms with Crippen molar-refractivity contribution in [3.05, 3.63) is 48.3 Å². The van der Waals surface area contributed by atoms with Gasteiger partial charge in [0.05, 0.1) is 19.4 Å². The van der Waals surface area contributed by atoms with Gasteiger partial charge in [0.25, 0.3) is 5.91 Å². The second-order valence-corrected chi connectivity index (χ2v) is 7.47. The second-order valence-electron chi connectivity index (χ2n) is 6.85. The summed E-state index contributed by atoms with van der Waals surface area (Å²) in [6.45, 7) is 4.38. The number of hydrogen-bond donors (Lipinski definition) is 2. The van der Waals surface area contributed by atoms with Gasteiger partial charge in [-0.2, -0.15) is 8.42 Å². The highest BCUT2D eigenvalue weighted by Gasteiger charge is 2.20. The van der Waals surface area contributed by atoms with E-state index in [4.69, 9.17) is 4.74 Å². The van der Waals surface area contributed by atoms with Gasteiger partial charge in [0, 0.05) is 37.1 Å². The maximum absolute atomic E-state index is 13.0. The molecule has 0 saturated carbocycles. The van der Waals surface area contributed by atoms with E-state index < -0.39 is 10.5 Å². The SMILES string of the molecule is O=C(NCCN1CCOCC1)c1[nH]c2ncc(N=S(=O)=O)cc2c1-c1ccccc1. The molecule has 0 radical (unpaired) electrons. The average Bonchev–Trinajstić information content (AvgIpc) is 3.13. The van der Waals surface area contributed by atoms with E-state index in [1.807, 2.05) is 30.3 Å². The molecule has 156 valence electrons. The van der Waals surface area contributed by atoms with Crippen LogP contribution in [0.5, 0.6) is 0 Å². The predicted molar refractivity (Wildman–Crippen MR) is 112 cm³/mol. The highest BCUT2D eigenvalue weighted by Crippen LogP contribution is 2.33. The molecule has 3 heterocycles. The van der Waals surface area contributed by atoms with E-state index in [1.54, 1.807) is 6.07 Å². The lowest BCUT2D eigenvalue weighted by atomic mass is 10.0. The summed E-state index contributed by atoms with van der Waals surface area (Å²) >= 11 is 0. The minimum Gasteiger partial charge on any atom is -0.379 e. The Balaban J connectivity index is 1.65. The molecule has 0 aliphatic carbocycles. The molecule has 1 aliphatic heterocycles. The monoisotopic (exact) mass is 427 g/mol. The van der Waals surface area contributed by atoms with Gasteiger partial charge < -0.3 is 15.0 Å². The van der Waals surface area contributed by atoms with Crippen LogP contribution < -0.4 is 5.32 Å². The van der Waals surface area contributed by atoms with Crippen molar-refractivity contribution in [2.45, 2.75) is 0 Å². The van der Waals surface area contributed by atoms with Crippen LogP contribution >= 0.6 is 0 Å². The Morgan fingerprint density at radius 1 is 1.23 bits per heavy atom. The maximum atomic E-state index is 13.0. The molecule has 1 aliphatic rings. The van der Waals surface area contributed by atoms with Gasteiger partial charge in [0.15, 0.2) is 0 Å². The van der Waals surface area contributed by atoms with Gasteiger partial charge in [-0.25, -0.2) is 4.98 Å². The van der Waals surface area contributed by atoms with Gasteiger partial charge in [-0.1, -0.05) is 30.3 Å². The normalized spacial score (nSPS) is 14.5. The van der Waals surface area contributed by atoms with Crippen molar-refractivity contribution in [3.63, 3.8) is 0 Å². The Kier molecular flexibility index (Phi) is 6.17. The highest BCUT2D eigenvalue weighted by atomic mass is 32.2. The zero-order valence-corrected chi connectivity index (χ0v) is 17.0. The summed E-state index contributed by atoms with van der Waals surface area (Å²) in [6.07, 6.45) is 1.35. The van der Waals surface area contributed by atoms with E-state index in [1.165, 1.54) is 6.20 Å². The summed E-state index contributed by atoms with van der Waals surface area (Å²) in [5.74, 6) is -0.244. The van der Waals surface area contributed by atoms with Crippen molar-refractivity contribution in [1.29, 1.82) is 0 Å². The molecule has 9 nitrogen and oxygen atoms in total. The minimum absolute atomic E-state index is 0.200. The number of amides is 1. The average molecular weight is 427 g/mol. The van der Waals surface area contributed by atoms with Crippen LogP contribution in [0.3, 0.4) is 0 Å². The lowest BCUT2D eigenvalue weighted by Crippen LogP contribution is -2.41. The van der Waals surface area contributed by atoms with Crippen LogP contribution in [0.4, 0.5) is 5.69 Å². The molecule has 10 heteroatoms. The maximum Gasteiger partial charge on any atom is 0.316 e. The van der Waals surface area contributed by atoms with Gasteiger partial charge in [-0.05, 0) is 11.6 Å². The lowest BCUT2D eigenvalue weighted by molar-refractivity contribution is 0.0383.